The molecule has 0 aromatic heterocycles. The highest BCUT2D eigenvalue weighted by Crippen LogP contribution is 2.31. The van der Waals surface area contributed by atoms with Gasteiger partial charge >= 0.3 is 12.1 Å². The molecule has 1 aromatic carbocycles. The first-order chi connectivity index (χ1) is 11.5. The molecule has 1 heterocycles. The molecule has 1 aromatic rings. The van der Waals surface area contributed by atoms with Crippen molar-refractivity contribution in [3.63, 3.8) is 0 Å². The maximum atomic E-state index is 12.0. The number of methoxy groups -OCH3 is 2. The molecule has 7 heteroatoms. The molecule has 0 atom stereocenters. The molecule has 1 fully saturated rings. The summed E-state index contributed by atoms with van der Waals surface area (Å²) in [5, 5.41) is 0. The zero-order valence-electron chi connectivity index (χ0n) is 13.9. The van der Waals surface area contributed by atoms with E-state index in [0.29, 0.717) is 37.4 Å². The van der Waals surface area contributed by atoms with E-state index in [1.54, 1.807) is 11.0 Å². The summed E-state index contributed by atoms with van der Waals surface area (Å²) in [7, 11) is 2.88. The third kappa shape index (κ3) is 4.19. The van der Waals surface area contributed by atoms with Gasteiger partial charge in [-0.2, -0.15) is 0 Å². The molecule has 0 bridgehead atoms. The van der Waals surface area contributed by atoms with Crippen molar-refractivity contribution < 1.29 is 23.8 Å². The normalized spacial score (nSPS) is 14.6. The van der Waals surface area contributed by atoms with Gasteiger partial charge in [-0.05, 0) is 59.2 Å². The minimum Gasteiger partial charge on any atom is -0.496 e. The Balaban J connectivity index is 2.17. The molecule has 0 spiro atoms. The van der Waals surface area contributed by atoms with Crippen molar-refractivity contribution in [2.45, 2.75) is 13.3 Å². The molecular weight excluding hydrogens is 425 g/mol. The number of benzene rings is 1. The van der Waals surface area contributed by atoms with Gasteiger partial charge in [0.1, 0.15) is 17.9 Å². The van der Waals surface area contributed by atoms with Gasteiger partial charge in [0.25, 0.3) is 0 Å². The Hall–Kier alpha value is -1.77. The van der Waals surface area contributed by atoms with Gasteiger partial charge in [-0.3, -0.25) is 0 Å². The summed E-state index contributed by atoms with van der Waals surface area (Å²) in [4.78, 5) is 25.0. The van der Waals surface area contributed by atoms with E-state index in [9.17, 15) is 9.59 Å². The van der Waals surface area contributed by atoms with Crippen LogP contribution in [0.5, 0.6) is 5.75 Å². The van der Waals surface area contributed by atoms with Gasteiger partial charge in [0, 0.05) is 10.1 Å². The molecule has 0 aliphatic carbocycles. The second-order valence-electron chi connectivity index (χ2n) is 5.31. The maximum absolute atomic E-state index is 12.0. The van der Waals surface area contributed by atoms with Gasteiger partial charge < -0.3 is 19.1 Å². The van der Waals surface area contributed by atoms with Crippen molar-refractivity contribution >= 4 is 38.2 Å². The number of amides is 1. The quantitative estimate of drug-likeness (QED) is 0.496. The zero-order valence-corrected chi connectivity index (χ0v) is 16.1. The molecule has 0 N–H and O–H groups in total. The van der Waals surface area contributed by atoms with Gasteiger partial charge in [-0.15, -0.1) is 0 Å². The number of aryl methyl sites for hydroxylation is 1. The summed E-state index contributed by atoms with van der Waals surface area (Å²) in [6.45, 7) is 3.60. The Labute approximate surface area is 154 Å². The lowest BCUT2D eigenvalue weighted by Crippen LogP contribution is -2.24. The predicted molar refractivity (Wildman–Crippen MR) is 98.6 cm³/mol. The Bertz CT molecular complexity index is 671. The number of carbonyl (C=O) groups is 2. The topological polar surface area (TPSA) is 65.1 Å². The van der Waals surface area contributed by atoms with Crippen LogP contribution in [-0.4, -0.2) is 50.9 Å². The predicted octanol–water partition coefficient (Wildman–Crippen LogP) is 3.41. The van der Waals surface area contributed by atoms with Gasteiger partial charge in [-0.25, -0.2) is 9.59 Å². The van der Waals surface area contributed by atoms with Crippen molar-refractivity contribution in [3.05, 3.63) is 34.9 Å². The van der Waals surface area contributed by atoms with Crippen LogP contribution in [0.2, 0.25) is 0 Å². The van der Waals surface area contributed by atoms with Crippen LogP contribution in [0.25, 0.3) is 3.58 Å². The summed E-state index contributed by atoms with van der Waals surface area (Å²) >= 11 is 2.23. The van der Waals surface area contributed by atoms with Crippen LogP contribution in [0.15, 0.2) is 18.2 Å². The number of halogens is 1. The fraction of sp³-hybridized carbons (Fsp3) is 0.412. The highest BCUT2D eigenvalue weighted by Gasteiger charge is 2.21. The van der Waals surface area contributed by atoms with Crippen LogP contribution in [0.4, 0.5) is 4.79 Å². The second-order valence-corrected chi connectivity index (χ2v) is 6.47. The smallest absolute Gasteiger partial charge is 0.409 e. The van der Waals surface area contributed by atoms with Crippen LogP contribution >= 0.6 is 22.6 Å². The number of rotatable bonds is 6. The summed E-state index contributed by atoms with van der Waals surface area (Å²) in [6, 6.07) is 3.73. The lowest BCUT2D eigenvalue weighted by Gasteiger charge is -2.13. The lowest BCUT2D eigenvalue weighted by molar-refractivity contribution is 0.0597. The van der Waals surface area contributed by atoms with Crippen LogP contribution in [-0.2, 0) is 9.47 Å². The highest BCUT2D eigenvalue weighted by atomic mass is 127. The molecule has 1 aliphatic rings. The lowest BCUT2D eigenvalue weighted by atomic mass is 10.0. The van der Waals surface area contributed by atoms with E-state index in [1.165, 1.54) is 14.2 Å². The molecule has 24 heavy (non-hydrogen) atoms. The zero-order chi connectivity index (χ0) is 17.7. The molecule has 1 amide bonds. The fourth-order valence-electron chi connectivity index (χ4n) is 2.54. The second kappa shape index (κ2) is 8.36. The van der Waals surface area contributed by atoms with E-state index < -0.39 is 5.97 Å². The third-order valence-corrected chi connectivity index (χ3v) is 4.79. The van der Waals surface area contributed by atoms with Crippen LogP contribution in [0.1, 0.15) is 27.9 Å². The highest BCUT2D eigenvalue weighted by molar-refractivity contribution is 14.1. The molecule has 0 saturated carbocycles. The minimum atomic E-state index is -0.430. The van der Waals surface area contributed by atoms with Crippen LogP contribution < -0.4 is 4.74 Å². The van der Waals surface area contributed by atoms with E-state index in [-0.39, 0.29) is 6.09 Å². The average molecular weight is 445 g/mol. The van der Waals surface area contributed by atoms with E-state index in [0.717, 1.165) is 14.7 Å². The first kappa shape index (κ1) is 18.6. The molecule has 1 aliphatic heterocycles. The molecule has 6 nitrogen and oxygen atoms in total. The molecule has 1 saturated heterocycles. The van der Waals surface area contributed by atoms with Crippen LogP contribution in [0.3, 0.4) is 0 Å². The maximum Gasteiger partial charge on any atom is 0.409 e. The van der Waals surface area contributed by atoms with Crippen molar-refractivity contribution in [2.75, 3.05) is 33.9 Å². The summed E-state index contributed by atoms with van der Waals surface area (Å²) in [6.07, 6.45) is 2.49. The Morgan fingerprint density at radius 2 is 2.17 bits per heavy atom. The average Bonchev–Trinajstić information content (AvgIpc) is 2.98. The SMILES string of the molecule is COC(=O)c1cc(/C(I)=C\CCN2CCOC2=O)cc(C)c1OC. The number of ether oxygens (including phenoxy) is 3. The third-order valence-electron chi connectivity index (χ3n) is 3.73. The Morgan fingerprint density at radius 1 is 1.42 bits per heavy atom. The van der Waals surface area contributed by atoms with Gasteiger partial charge in [0.2, 0.25) is 0 Å². The van der Waals surface area contributed by atoms with Crippen molar-refractivity contribution in [1.82, 2.24) is 4.90 Å². The van der Waals surface area contributed by atoms with Crippen molar-refractivity contribution in [1.29, 1.82) is 0 Å². The number of hydrogen-bond acceptors (Lipinski definition) is 5. The molecule has 130 valence electrons. The van der Waals surface area contributed by atoms with Gasteiger partial charge in [0.15, 0.2) is 0 Å². The van der Waals surface area contributed by atoms with E-state index in [1.807, 2.05) is 19.1 Å². The van der Waals surface area contributed by atoms with Crippen LogP contribution in [0, 0.1) is 6.92 Å². The number of cyclic esters (lactones) is 1. The standard InChI is InChI=1S/C17H20INO5/c1-11-9-12(10-13(15(11)22-2)16(20)23-3)14(18)5-4-6-19-7-8-24-17(19)21/h5,9-10H,4,6-8H2,1-3H3/b14-5+. The van der Waals surface area contributed by atoms with Gasteiger partial charge in [0.05, 0.1) is 20.8 Å². The molecule has 0 radical (unpaired) electrons. The Morgan fingerprint density at radius 3 is 2.75 bits per heavy atom. The van der Waals surface area contributed by atoms with Gasteiger partial charge in [-0.1, -0.05) is 6.08 Å². The van der Waals surface area contributed by atoms with E-state index >= 15 is 0 Å². The molecule has 0 unspecified atom stereocenters. The molecule has 2 rings (SSSR count). The number of esters is 1. The number of carbonyl (C=O) groups excluding carboxylic acids is 2. The van der Waals surface area contributed by atoms with Crippen molar-refractivity contribution in [3.8, 4) is 5.75 Å². The number of hydrogen-bond donors (Lipinski definition) is 0. The largest absolute Gasteiger partial charge is 0.496 e. The molecular formula is C17H20INO5. The first-order valence-corrected chi connectivity index (χ1v) is 8.60. The minimum absolute atomic E-state index is 0.258. The Kier molecular flexibility index (Phi) is 6.47. The first-order valence-electron chi connectivity index (χ1n) is 7.52. The summed E-state index contributed by atoms with van der Waals surface area (Å²) in [5.41, 5.74) is 2.18. The van der Waals surface area contributed by atoms with E-state index in [4.69, 9.17) is 14.2 Å². The monoisotopic (exact) mass is 445 g/mol. The fourth-order valence-corrected chi connectivity index (χ4v) is 3.16. The van der Waals surface area contributed by atoms with E-state index in [2.05, 4.69) is 22.6 Å². The number of nitrogens with zero attached hydrogens (tertiary/aromatic N) is 1. The summed E-state index contributed by atoms with van der Waals surface area (Å²) < 4.78 is 16.0. The summed E-state index contributed by atoms with van der Waals surface area (Å²) in [5.74, 6) is 0.0930. The van der Waals surface area contributed by atoms with Crippen molar-refractivity contribution in [2.24, 2.45) is 0 Å².